The summed E-state index contributed by atoms with van der Waals surface area (Å²) in [5.41, 5.74) is -0.0978. The van der Waals surface area contributed by atoms with Gasteiger partial charge < -0.3 is 0 Å². The van der Waals surface area contributed by atoms with E-state index in [2.05, 4.69) is 22.5 Å². The number of rotatable bonds is 1. The van der Waals surface area contributed by atoms with Crippen molar-refractivity contribution in [2.45, 2.75) is 0 Å². The molecule has 0 aliphatic rings. The van der Waals surface area contributed by atoms with Crippen LogP contribution >= 0.6 is 15.9 Å². The van der Waals surface area contributed by atoms with Gasteiger partial charge in [-0.3, -0.25) is 0 Å². The minimum atomic E-state index is -0.611. The van der Waals surface area contributed by atoms with Crippen LogP contribution in [0.5, 0.6) is 0 Å². The molecule has 0 atom stereocenters. The Kier molecular flexibility index (Phi) is 2.39. The van der Waals surface area contributed by atoms with Crippen molar-refractivity contribution in [1.82, 2.24) is 0 Å². The van der Waals surface area contributed by atoms with Gasteiger partial charge in [0, 0.05) is 5.56 Å². The van der Waals surface area contributed by atoms with Gasteiger partial charge in [0.25, 0.3) is 0 Å². The minimum Gasteiger partial charge on any atom is -0.206 e. The van der Waals surface area contributed by atoms with Gasteiger partial charge >= 0.3 is 0 Å². The van der Waals surface area contributed by atoms with Gasteiger partial charge in [-0.25, -0.2) is 8.78 Å². The molecular weight excluding hydrogens is 214 g/mol. The maximum absolute atomic E-state index is 12.9. The molecule has 1 aromatic carbocycles. The molecule has 0 heterocycles. The molecule has 1 rings (SSSR count). The van der Waals surface area contributed by atoms with Crippen LogP contribution in [0.25, 0.3) is 6.08 Å². The van der Waals surface area contributed by atoms with Gasteiger partial charge in [-0.15, -0.1) is 0 Å². The normalized spacial score (nSPS) is 9.73. The van der Waals surface area contributed by atoms with E-state index in [0.717, 1.165) is 6.08 Å². The molecule has 58 valence electrons. The second-order valence-electron chi connectivity index (χ2n) is 1.96. The third-order valence-electron chi connectivity index (χ3n) is 1.28. The van der Waals surface area contributed by atoms with Crippen LogP contribution in [-0.2, 0) is 0 Å². The fourth-order valence-electron chi connectivity index (χ4n) is 0.730. The molecule has 0 aliphatic carbocycles. The molecule has 0 saturated carbocycles. The van der Waals surface area contributed by atoms with Crippen molar-refractivity contribution in [3.63, 3.8) is 0 Å². The zero-order chi connectivity index (χ0) is 8.43. The SMILES string of the molecule is C=Cc1c(F)ccc(Br)c1F. The second-order valence-corrected chi connectivity index (χ2v) is 2.82. The van der Waals surface area contributed by atoms with Crippen LogP contribution in [0.4, 0.5) is 8.78 Å². The predicted molar refractivity (Wildman–Crippen MR) is 44.1 cm³/mol. The van der Waals surface area contributed by atoms with Crippen LogP contribution in [0.15, 0.2) is 23.2 Å². The highest BCUT2D eigenvalue weighted by Gasteiger charge is 2.07. The van der Waals surface area contributed by atoms with E-state index in [1.807, 2.05) is 0 Å². The standard InChI is InChI=1S/C8H5BrF2/c1-2-5-7(10)4-3-6(9)8(5)11/h2-4H,1H2. The largest absolute Gasteiger partial charge is 0.206 e. The Bertz CT molecular complexity index is 294. The summed E-state index contributed by atoms with van der Waals surface area (Å²) in [6.45, 7) is 3.29. The second kappa shape index (κ2) is 3.13. The fraction of sp³-hybridized carbons (Fsp3) is 0. The summed E-state index contributed by atoms with van der Waals surface area (Å²) < 4.78 is 25.8. The molecule has 0 bridgehead atoms. The molecule has 0 fully saturated rings. The first kappa shape index (κ1) is 8.40. The van der Waals surface area contributed by atoms with Gasteiger partial charge in [-0.05, 0) is 28.1 Å². The third-order valence-corrected chi connectivity index (χ3v) is 1.90. The number of halogens is 3. The summed E-state index contributed by atoms with van der Waals surface area (Å²) in [5.74, 6) is -1.21. The Morgan fingerprint density at radius 3 is 2.45 bits per heavy atom. The molecule has 0 N–H and O–H groups in total. The molecule has 0 radical (unpaired) electrons. The van der Waals surface area contributed by atoms with E-state index in [1.165, 1.54) is 12.1 Å². The topological polar surface area (TPSA) is 0 Å². The number of hydrogen-bond acceptors (Lipinski definition) is 0. The van der Waals surface area contributed by atoms with Gasteiger partial charge in [0.2, 0.25) is 0 Å². The highest BCUT2D eigenvalue weighted by atomic mass is 79.9. The van der Waals surface area contributed by atoms with E-state index >= 15 is 0 Å². The van der Waals surface area contributed by atoms with Crippen molar-refractivity contribution in [3.8, 4) is 0 Å². The zero-order valence-corrected chi connectivity index (χ0v) is 7.16. The fourth-order valence-corrected chi connectivity index (χ4v) is 1.08. The molecule has 11 heavy (non-hydrogen) atoms. The predicted octanol–water partition coefficient (Wildman–Crippen LogP) is 3.37. The summed E-state index contributed by atoms with van der Waals surface area (Å²) >= 11 is 2.93. The monoisotopic (exact) mass is 218 g/mol. The molecular formula is C8H5BrF2. The van der Waals surface area contributed by atoms with Crippen LogP contribution in [0.3, 0.4) is 0 Å². The van der Waals surface area contributed by atoms with Gasteiger partial charge in [0.05, 0.1) is 4.47 Å². The van der Waals surface area contributed by atoms with E-state index < -0.39 is 11.6 Å². The van der Waals surface area contributed by atoms with Gasteiger partial charge in [0.15, 0.2) is 0 Å². The van der Waals surface area contributed by atoms with E-state index in [4.69, 9.17) is 0 Å². The Morgan fingerprint density at radius 1 is 1.36 bits per heavy atom. The van der Waals surface area contributed by atoms with E-state index in [0.29, 0.717) is 0 Å². The molecule has 0 unspecified atom stereocenters. The third kappa shape index (κ3) is 1.48. The first-order valence-electron chi connectivity index (χ1n) is 2.92. The average molecular weight is 219 g/mol. The van der Waals surface area contributed by atoms with Crippen molar-refractivity contribution < 1.29 is 8.78 Å². The summed E-state index contributed by atoms with van der Waals surface area (Å²) in [5, 5.41) is 0. The van der Waals surface area contributed by atoms with Crippen LogP contribution in [-0.4, -0.2) is 0 Å². The first-order valence-corrected chi connectivity index (χ1v) is 3.72. The van der Waals surface area contributed by atoms with Crippen molar-refractivity contribution in [2.75, 3.05) is 0 Å². The molecule has 0 aliphatic heterocycles. The van der Waals surface area contributed by atoms with Gasteiger partial charge in [-0.2, -0.15) is 0 Å². The highest BCUT2D eigenvalue weighted by molar-refractivity contribution is 9.10. The summed E-state index contributed by atoms with van der Waals surface area (Å²) in [6.07, 6.45) is 1.15. The van der Waals surface area contributed by atoms with Crippen LogP contribution < -0.4 is 0 Å². The Labute approximate surface area is 71.7 Å². The molecule has 0 spiro atoms. The maximum Gasteiger partial charge on any atom is 0.147 e. The zero-order valence-electron chi connectivity index (χ0n) is 5.57. The van der Waals surface area contributed by atoms with Gasteiger partial charge in [0.1, 0.15) is 11.6 Å². The highest BCUT2D eigenvalue weighted by Crippen LogP contribution is 2.21. The lowest BCUT2D eigenvalue weighted by Gasteiger charge is -1.99. The Hall–Kier alpha value is -0.700. The molecule has 0 amide bonds. The number of benzene rings is 1. The molecule has 1 aromatic rings. The van der Waals surface area contributed by atoms with E-state index in [-0.39, 0.29) is 10.0 Å². The maximum atomic E-state index is 12.9. The first-order chi connectivity index (χ1) is 5.16. The quantitative estimate of drug-likeness (QED) is 0.635. The van der Waals surface area contributed by atoms with E-state index in [1.54, 1.807) is 0 Å². The van der Waals surface area contributed by atoms with Gasteiger partial charge in [-0.1, -0.05) is 12.7 Å². The summed E-state index contributed by atoms with van der Waals surface area (Å²) in [7, 11) is 0. The van der Waals surface area contributed by atoms with Crippen LogP contribution in [0, 0.1) is 11.6 Å². The molecule has 0 saturated heterocycles. The molecule has 3 heteroatoms. The van der Waals surface area contributed by atoms with Crippen molar-refractivity contribution in [1.29, 1.82) is 0 Å². The lowest BCUT2D eigenvalue weighted by atomic mass is 10.2. The Morgan fingerprint density at radius 2 is 2.00 bits per heavy atom. The lowest BCUT2D eigenvalue weighted by molar-refractivity contribution is 0.574. The summed E-state index contributed by atoms with van der Waals surface area (Å²) in [6, 6.07) is 2.50. The van der Waals surface area contributed by atoms with Crippen LogP contribution in [0.1, 0.15) is 5.56 Å². The molecule has 0 nitrogen and oxygen atoms in total. The smallest absolute Gasteiger partial charge is 0.147 e. The van der Waals surface area contributed by atoms with Crippen molar-refractivity contribution >= 4 is 22.0 Å². The summed E-state index contributed by atoms with van der Waals surface area (Å²) in [4.78, 5) is 0. The minimum absolute atomic E-state index is 0.0978. The van der Waals surface area contributed by atoms with Crippen molar-refractivity contribution in [3.05, 3.63) is 40.4 Å². The Balaban J connectivity index is 3.40. The number of hydrogen-bond donors (Lipinski definition) is 0. The lowest BCUT2D eigenvalue weighted by Crippen LogP contribution is -1.88. The molecule has 0 aromatic heterocycles. The van der Waals surface area contributed by atoms with Crippen molar-refractivity contribution in [2.24, 2.45) is 0 Å². The van der Waals surface area contributed by atoms with E-state index in [9.17, 15) is 8.78 Å². The van der Waals surface area contributed by atoms with Crippen LogP contribution in [0.2, 0.25) is 0 Å². The average Bonchev–Trinajstić information content (AvgIpc) is 1.99.